The fourth-order valence-corrected chi connectivity index (χ4v) is 1.32. The van der Waals surface area contributed by atoms with Crippen molar-refractivity contribution in [3.05, 3.63) is 42.0 Å². The topological polar surface area (TPSA) is 43.8 Å². The van der Waals surface area contributed by atoms with Gasteiger partial charge in [0, 0.05) is 11.9 Å². The fraction of sp³-hybridized carbons (Fsp3) is 0.100. The third kappa shape index (κ3) is 1.46. The summed E-state index contributed by atoms with van der Waals surface area (Å²) in [4.78, 5) is 4.06. The highest BCUT2D eigenvalue weighted by molar-refractivity contribution is 5.40. The molecule has 72 valence electrons. The molecule has 0 unspecified atom stereocenters. The first-order chi connectivity index (χ1) is 6.66. The zero-order chi connectivity index (χ0) is 10.1. The van der Waals surface area contributed by atoms with Crippen LogP contribution in [-0.4, -0.2) is 9.55 Å². The van der Waals surface area contributed by atoms with Gasteiger partial charge in [0.15, 0.2) is 0 Å². The van der Waals surface area contributed by atoms with Crippen LogP contribution in [0.15, 0.2) is 30.5 Å². The minimum absolute atomic E-state index is 0.260. The molecule has 0 saturated carbocycles. The van der Waals surface area contributed by atoms with Crippen molar-refractivity contribution in [2.75, 3.05) is 5.73 Å². The summed E-state index contributed by atoms with van der Waals surface area (Å²) in [5.74, 6) is 0.151. The third-order valence-corrected chi connectivity index (χ3v) is 1.96. The molecule has 0 saturated heterocycles. The standard InChI is InChI=1S/C10H10FN3/c1-7-6-14(10(12)13-7)9-4-2-8(11)3-5-9/h2-6H,1H3,(H2,12,13). The van der Waals surface area contributed by atoms with Crippen molar-refractivity contribution < 1.29 is 4.39 Å². The molecule has 3 nitrogen and oxygen atoms in total. The van der Waals surface area contributed by atoms with Crippen molar-refractivity contribution in [1.82, 2.24) is 9.55 Å². The monoisotopic (exact) mass is 191 g/mol. The predicted molar refractivity (Wildman–Crippen MR) is 52.7 cm³/mol. The number of benzene rings is 1. The lowest BCUT2D eigenvalue weighted by molar-refractivity contribution is 0.627. The van der Waals surface area contributed by atoms with E-state index in [1.807, 2.05) is 13.1 Å². The Morgan fingerprint density at radius 2 is 1.93 bits per heavy atom. The molecule has 0 aliphatic heterocycles. The molecule has 2 N–H and O–H groups in total. The van der Waals surface area contributed by atoms with Gasteiger partial charge in [0.2, 0.25) is 5.95 Å². The van der Waals surface area contributed by atoms with Crippen molar-refractivity contribution in [1.29, 1.82) is 0 Å². The molecule has 0 bridgehead atoms. The van der Waals surface area contributed by atoms with Gasteiger partial charge in [0.1, 0.15) is 5.82 Å². The normalized spacial score (nSPS) is 10.4. The van der Waals surface area contributed by atoms with E-state index in [0.717, 1.165) is 11.4 Å². The predicted octanol–water partition coefficient (Wildman–Crippen LogP) is 1.90. The molecule has 0 amide bonds. The lowest BCUT2D eigenvalue weighted by Gasteiger charge is -2.03. The Morgan fingerprint density at radius 1 is 1.29 bits per heavy atom. The molecule has 0 aliphatic rings. The average molecular weight is 191 g/mol. The summed E-state index contributed by atoms with van der Waals surface area (Å²) in [7, 11) is 0. The summed E-state index contributed by atoms with van der Waals surface area (Å²) < 4.78 is 14.4. The highest BCUT2D eigenvalue weighted by Gasteiger charge is 2.03. The SMILES string of the molecule is Cc1cn(-c2ccc(F)cc2)c(N)n1. The Balaban J connectivity index is 2.49. The van der Waals surface area contributed by atoms with Crippen LogP contribution in [0.25, 0.3) is 5.69 Å². The Labute approximate surface area is 81.0 Å². The van der Waals surface area contributed by atoms with Crippen LogP contribution >= 0.6 is 0 Å². The first kappa shape index (κ1) is 8.74. The summed E-state index contributed by atoms with van der Waals surface area (Å²) >= 11 is 0. The first-order valence-corrected chi connectivity index (χ1v) is 4.24. The highest BCUT2D eigenvalue weighted by atomic mass is 19.1. The minimum atomic E-state index is -0.260. The van der Waals surface area contributed by atoms with Crippen LogP contribution in [0, 0.1) is 12.7 Å². The molecule has 2 rings (SSSR count). The van der Waals surface area contributed by atoms with E-state index in [1.54, 1.807) is 16.7 Å². The summed E-state index contributed by atoms with van der Waals surface area (Å²) in [5, 5.41) is 0. The number of nitrogen functional groups attached to an aromatic ring is 1. The fourth-order valence-electron chi connectivity index (χ4n) is 1.32. The van der Waals surface area contributed by atoms with E-state index in [0.29, 0.717) is 5.95 Å². The van der Waals surface area contributed by atoms with Gasteiger partial charge >= 0.3 is 0 Å². The van der Waals surface area contributed by atoms with Crippen LogP contribution in [0.1, 0.15) is 5.69 Å². The molecular formula is C10H10FN3. The number of hydrogen-bond donors (Lipinski definition) is 1. The minimum Gasteiger partial charge on any atom is -0.369 e. The number of rotatable bonds is 1. The van der Waals surface area contributed by atoms with Gasteiger partial charge in [0.05, 0.1) is 5.69 Å². The van der Waals surface area contributed by atoms with E-state index in [2.05, 4.69) is 4.98 Å². The van der Waals surface area contributed by atoms with Gasteiger partial charge in [-0.05, 0) is 31.2 Å². The Hall–Kier alpha value is -1.84. The molecular weight excluding hydrogens is 181 g/mol. The van der Waals surface area contributed by atoms with E-state index in [4.69, 9.17) is 5.73 Å². The molecule has 0 fully saturated rings. The molecule has 0 atom stereocenters. The number of aromatic nitrogens is 2. The third-order valence-electron chi connectivity index (χ3n) is 1.96. The second-order valence-electron chi connectivity index (χ2n) is 3.09. The van der Waals surface area contributed by atoms with E-state index in [9.17, 15) is 4.39 Å². The zero-order valence-corrected chi connectivity index (χ0v) is 7.74. The molecule has 1 aromatic heterocycles. The smallest absolute Gasteiger partial charge is 0.205 e. The zero-order valence-electron chi connectivity index (χ0n) is 7.74. The molecule has 4 heteroatoms. The van der Waals surface area contributed by atoms with E-state index >= 15 is 0 Å². The second kappa shape index (κ2) is 3.14. The molecule has 14 heavy (non-hydrogen) atoms. The van der Waals surface area contributed by atoms with E-state index in [-0.39, 0.29) is 5.82 Å². The Morgan fingerprint density at radius 3 is 2.43 bits per heavy atom. The number of halogens is 1. The maximum Gasteiger partial charge on any atom is 0.205 e. The summed E-state index contributed by atoms with van der Waals surface area (Å²) in [6, 6.07) is 6.10. The molecule has 0 spiro atoms. The second-order valence-corrected chi connectivity index (χ2v) is 3.09. The summed E-state index contributed by atoms with van der Waals surface area (Å²) in [6.45, 7) is 1.86. The first-order valence-electron chi connectivity index (χ1n) is 4.24. The molecule has 0 radical (unpaired) electrons. The van der Waals surface area contributed by atoms with Crippen molar-refractivity contribution >= 4 is 5.95 Å². The van der Waals surface area contributed by atoms with Crippen LogP contribution in [0.4, 0.5) is 10.3 Å². The van der Waals surface area contributed by atoms with Gasteiger partial charge in [0.25, 0.3) is 0 Å². The molecule has 0 aliphatic carbocycles. The van der Waals surface area contributed by atoms with Crippen LogP contribution in [0.5, 0.6) is 0 Å². The number of aryl methyl sites for hydroxylation is 1. The van der Waals surface area contributed by atoms with E-state index < -0.39 is 0 Å². The van der Waals surface area contributed by atoms with Crippen molar-refractivity contribution in [2.45, 2.75) is 6.92 Å². The Bertz CT molecular complexity index is 445. The number of hydrogen-bond acceptors (Lipinski definition) is 2. The largest absolute Gasteiger partial charge is 0.369 e. The van der Waals surface area contributed by atoms with Crippen LogP contribution in [0.3, 0.4) is 0 Å². The van der Waals surface area contributed by atoms with Gasteiger partial charge in [-0.1, -0.05) is 0 Å². The van der Waals surface area contributed by atoms with Gasteiger partial charge < -0.3 is 5.73 Å². The number of nitrogens with zero attached hydrogens (tertiary/aromatic N) is 2. The molecule has 1 aromatic carbocycles. The summed E-state index contributed by atoms with van der Waals surface area (Å²) in [5.41, 5.74) is 7.32. The van der Waals surface area contributed by atoms with Gasteiger partial charge in [-0.2, -0.15) is 0 Å². The summed E-state index contributed by atoms with van der Waals surface area (Å²) in [6.07, 6.45) is 1.81. The maximum atomic E-state index is 12.7. The van der Waals surface area contributed by atoms with Crippen molar-refractivity contribution in [2.24, 2.45) is 0 Å². The number of imidazole rings is 1. The average Bonchev–Trinajstić information content (AvgIpc) is 2.47. The lowest BCUT2D eigenvalue weighted by atomic mass is 10.3. The van der Waals surface area contributed by atoms with Crippen molar-refractivity contribution in [3.8, 4) is 5.69 Å². The molecule has 2 aromatic rings. The lowest BCUT2D eigenvalue weighted by Crippen LogP contribution is -1.99. The van der Waals surface area contributed by atoms with Crippen LogP contribution < -0.4 is 5.73 Å². The van der Waals surface area contributed by atoms with Crippen LogP contribution in [0.2, 0.25) is 0 Å². The highest BCUT2D eigenvalue weighted by Crippen LogP contribution is 2.14. The molecule has 1 heterocycles. The van der Waals surface area contributed by atoms with Gasteiger partial charge in [-0.25, -0.2) is 9.37 Å². The number of nitrogens with two attached hydrogens (primary N) is 1. The quantitative estimate of drug-likeness (QED) is 0.748. The van der Waals surface area contributed by atoms with Crippen LogP contribution in [-0.2, 0) is 0 Å². The van der Waals surface area contributed by atoms with Gasteiger partial charge in [-0.3, -0.25) is 4.57 Å². The van der Waals surface area contributed by atoms with Crippen molar-refractivity contribution in [3.63, 3.8) is 0 Å². The Kier molecular flexibility index (Phi) is 1.96. The van der Waals surface area contributed by atoms with E-state index in [1.165, 1.54) is 12.1 Å². The number of anilines is 1. The van der Waals surface area contributed by atoms with Gasteiger partial charge in [-0.15, -0.1) is 0 Å². The maximum absolute atomic E-state index is 12.7.